The lowest BCUT2D eigenvalue weighted by molar-refractivity contribution is -0.0272. The first kappa shape index (κ1) is 11.2. The summed E-state index contributed by atoms with van der Waals surface area (Å²) in [4.78, 5) is 0. The van der Waals surface area contributed by atoms with Crippen LogP contribution in [-0.4, -0.2) is 22.4 Å². The molecule has 3 aliphatic carbocycles. The van der Waals surface area contributed by atoms with Gasteiger partial charge in [0, 0.05) is 11.0 Å². The number of aliphatic hydroxyl groups is 1. The van der Waals surface area contributed by atoms with E-state index in [1.165, 1.54) is 24.0 Å². The fraction of sp³-hybridized carbons (Fsp3) is 0.529. The first-order valence-corrected chi connectivity index (χ1v) is 7.60. The van der Waals surface area contributed by atoms with Crippen molar-refractivity contribution in [1.29, 1.82) is 0 Å². The highest BCUT2D eigenvalue weighted by Gasteiger charge is 2.63. The van der Waals surface area contributed by atoms with Gasteiger partial charge < -0.3 is 14.9 Å². The molecule has 20 heavy (non-hydrogen) atoms. The molecule has 5 atom stereocenters. The third-order valence-corrected chi connectivity index (χ3v) is 6.02. The number of phenolic OH excluding ortho intramolecular Hbond substituents is 1. The minimum absolute atomic E-state index is 0.0985. The molecule has 1 heterocycles. The second-order valence-electron chi connectivity index (χ2n) is 6.78. The molecule has 3 nitrogen and oxygen atoms in total. The molecule has 1 aliphatic heterocycles. The predicted octanol–water partition coefficient (Wildman–Crippen LogP) is 2.29. The van der Waals surface area contributed by atoms with E-state index in [2.05, 4.69) is 12.1 Å². The minimum Gasteiger partial charge on any atom is -0.504 e. The summed E-state index contributed by atoms with van der Waals surface area (Å²) >= 11 is 0. The van der Waals surface area contributed by atoms with E-state index in [4.69, 9.17) is 4.74 Å². The molecule has 0 radical (unpaired) electrons. The van der Waals surface area contributed by atoms with Crippen molar-refractivity contribution in [3.63, 3.8) is 0 Å². The van der Waals surface area contributed by atoms with Crippen LogP contribution in [0.3, 0.4) is 0 Å². The molecule has 1 aromatic rings. The Morgan fingerprint density at radius 3 is 3.05 bits per heavy atom. The number of rotatable bonds is 0. The zero-order valence-electron chi connectivity index (χ0n) is 11.2. The van der Waals surface area contributed by atoms with Crippen molar-refractivity contribution in [2.75, 3.05) is 0 Å². The molecule has 0 unspecified atom stereocenters. The zero-order chi connectivity index (χ0) is 13.5. The van der Waals surface area contributed by atoms with E-state index < -0.39 is 6.10 Å². The Morgan fingerprint density at radius 1 is 1.25 bits per heavy atom. The van der Waals surface area contributed by atoms with Gasteiger partial charge >= 0.3 is 0 Å². The van der Waals surface area contributed by atoms with Gasteiger partial charge in [-0.05, 0) is 42.7 Å². The van der Waals surface area contributed by atoms with Crippen LogP contribution < -0.4 is 4.74 Å². The van der Waals surface area contributed by atoms with Gasteiger partial charge in [-0.3, -0.25) is 0 Å². The highest BCUT2D eigenvalue weighted by molar-refractivity contribution is 5.61. The lowest BCUT2D eigenvalue weighted by atomic mass is 9.50. The normalized spacial score (nSPS) is 43.0. The van der Waals surface area contributed by atoms with Crippen LogP contribution in [0.5, 0.6) is 11.5 Å². The van der Waals surface area contributed by atoms with Crippen LogP contribution in [0, 0.1) is 11.8 Å². The van der Waals surface area contributed by atoms with Crippen molar-refractivity contribution in [2.45, 2.75) is 43.3 Å². The summed E-state index contributed by atoms with van der Waals surface area (Å²) in [5.41, 5.74) is 2.43. The van der Waals surface area contributed by atoms with Gasteiger partial charge in [0.1, 0.15) is 12.2 Å². The van der Waals surface area contributed by atoms with Gasteiger partial charge in [-0.2, -0.15) is 0 Å². The van der Waals surface area contributed by atoms with Crippen LogP contribution >= 0.6 is 0 Å². The summed E-state index contributed by atoms with van der Waals surface area (Å²) in [5.74, 6) is 1.98. The summed E-state index contributed by atoms with van der Waals surface area (Å²) < 4.78 is 6.07. The van der Waals surface area contributed by atoms with E-state index in [0.29, 0.717) is 17.6 Å². The van der Waals surface area contributed by atoms with Crippen molar-refractivity contribution >= 4 is 0 Å². The van der Waals surface area contributed by atoms with Crippen LogP contribution in [0.4, 0.5) is 0 Å². The Kier molecular flexibility index (Phi) is 1.90. The van der Waals surface area contributed by atoms with E-state index in [1.807, 2.05) is 6.08 Å². The van der Waals surface area contributed by atoms with Crippen molar-refractivity contribution in [2.24, 2.45) is 11.8 Å². The third-order valence-electron chi connectivity index (χ3n) is 6.02. The maximum atomic E-state index is 10.4. The van der Waals surface area contributed by atoms with E-state index in [9.17, 15) is 10.2 Å². The zero-order valence-corrected chi connectivity index (χ0v) is 11.2. The fourth-order valence-electron chi connectivity index (χ4n) is 5.38. The third kappa shape index (κ3) is 1.05. The quantitative estimate of drug-likeness (QED) is 0.711. The number of hydrogen-bond donors (Lipinski definition) is 2. The number of aromatic hydroxyl groups is 1. The van der Waals surface area contributed by atoms with Crippen LogP contribution in [0.1, 0.15) is 30.4 Å². The topological polar surface area (TPSA) is 49.7 Å². The summed E-state index contributed by atoms with van der Waals surface area (Å²) in [5, 5.41) is 20.6. The summed E-state index contributed by atoms with van der Waals surface area (Å²) in [6, 6.07) is 3.80. The molecule has 2 N–H and O–H groups in total. The Balaban J connectivity index is 1.86. The lowest BCUT2D eigenvalue weighted by Crippen LogP contribution is -2.57. The van der Waals surface area contributed by atoms with Gasteiger partial charge in [-0.25, -0.2) is 0 Å². The number of ether oxygens (including phenoxy) is 1. The van der Waals surface area contributed by atoms with Gasteiger partial charge in [0.2, 0.25) is 0 Å². The van der Waals surface area contributed by atoms with Crippen LogP contribution in [0.2, 0.25) is 0 Å². The number of benzene rings is 1. The van der Waals surface area contributed by atoms with Crippen molar-refractivity contribution in [3.05, 3.63) is 35.4 Å². The van der Waals surface area contributed by atoms with Crippen molar-refractivity contribution in [1.82, 2.24) is 0 Å². The van der Waals surface area contributed by atoms with Crippen molar-refractivity contribution < 1.29 is 14.9 Å². The highest BCUT2D eigenvalue weighted by atomic mass is 16.5. The average Bonchev–Trinajstić information content (AvgIpc) is 2.78. The monoisotopic (exact) mass is 270 g/mol. The molecule has 5 rings (SSSR count). The molecule has 0 amide bonds. The van der Waals surface area contributed by atoms with Gasteiger partial charge in [0.25, 0.3) is 0 Å². The molecule has 1 saturated carbocycles. The van der Waals surface area contributed by atoms with E-state index in [1.54, 1.807) is 6.07 Å². The van der Waals surface area contributed by atoms with Gasteiger partial charge in [0.15, 0.2) is 11.5 Å². The Morgan fingerprint density at radius 2 is 2.15 bits per heavy atom. The predicted molar refractivity (Wildman–Crippen MR) is 73.9 cm³/mol. The molecule has 2 bridgehead atoms. The summed E-state index contributed by atoms with van der Waals surface area (Å²) in [6.07, 6.45) is 7.92. The standard InChI is InChI=1S/C17H18O3/c18-12-5-3-10-8-9-2-1-7-17-11(9)4-6-13(19)16(17)20-15(12)14(10)17/h3-6,9,11,13,16,18-19H,1-2,7-8H2/t9-,11+,13+,16+,17+/m1/s1. The number of phenols is 1. The molecular weight excluding hydrogens is 252 g/mol. The smallest absolute Gasteiger partial charge is 0.165 e. The molecule has 4 aliphatic rings. The van der Waals surface area contributed by atoms with Crippen LogP contribution in [-0.2, 0) is 11.8 Å². The van der Waals surface area contributed by atoms with Crippen LogP contribution in [0.25, 0.3) is 0 Å². The van der Waals surface area contributed by atoms with Crippen LogP contribution in [0.15, 0.2) is 24.3 Å². The second-order valence-corrected chi connectivity index (χ2v) is 6.78. The second kappa shape index (κ2) is 3.40. The number of allylic oxidation sites excluding steroid dienone is 1. The molecule has 1 fully saturated rings. The summed E-state index contributed by atoms with van der Waals surface area (Å²) in [7, 11) is 0. The first-order valence-electron chi connectivity index (χ1n) is 7.60. The molecule has 0 saturated heterocycles. The Labute approximate surface area is 117 Å². The average molecular weight is 270 g/mol. The number of hydrogen-bond acceptors (Lipinski definition) is 3. The molecule has 1 spiro atoms. The van der Waals surface area contributed by atoms with E-state index in [0.717, 1.165) is 12.8 Å². The van der Waals surface area contributed by atoms with E-state index in [-0.39, 0.29) is 17.3 Å². The van der Waals surface area contributed by atoms with Crippen molar-refractivity contribution in [3.8, 4) is 11.5 Å². The molecule has 104 valence electrons. The van der Waals surface area contributed by atoms with Gasteiger partial charge in [-0.15, -0.1) is 0 Å². The first-order chi connectivity index (χ1) is 9.72. The minimum atomic E-state index is -0.567. The molecule has 0 aromatic heterocycles. The molecule has 3 heteroatoms. The summed E-state index contributed by atoms with van der Waals surface area (Å²) in [6.45, 7) is 0. The lowest BCUT2D eigenvalue weighted by Gasteiger charge is -2.53. The highest BCUT2D eigenvalue weighted by Crippen LogP contribution is 2.64. The molecular formula is C17H18O3. The van der Waals surface area contributed by atoms with E-state index >= 15 is 0 Å². The fourth-order valence-corrected chi connectivity index (χ4v) is 5.38. The van der Waals surface area contributed by atoms with Gasteiger partial charge in [0.05, 0.1) is 0 Å². The maximum absolute atomic E-state index is 10.4. The Hall–Kier alpha value is -1.48. The van der Waals surface area contributed by atoms with Gasteiger partial charge in [-0.1, -0.05) is 24.6 Å². The Bertz CT molecular complexity index is 635. The largest absolute Gasteiger partial charge is 0.504 e. The molecule has 1 aromatic carbocycles. The maximum Gasteiger partial charge on any atom is 0.165 e. The SMILES string of the molecule is Oc1ccc2c3c1O[C@H]1[C@@H](O)C=C[C@H]4[C@H](CCC[C@@]341)C2. The number of aliphatic hydroxyl groups excluding tert-OH is 1.